The third-order valence-electron chi connectivity index (χ3n) is 3.69. The number of aryl methyl sites for hydroxylation is 4. The zero-order valence-electron chi connectivity index (χ0n) is 12.6. The van der Waals surface area contributed by atoms with E-state index in [4.69, 9.17) is 5.73 Å². The van der Waals surface area contributed by atoms with Gasteiger partial charge in [0.15, 0.2) is 5.78 Å². The molecule has 0 aliphatic carbocycles. The van der Waals surface area contributed by atoms with E-state index in [9.17, 15) is 4.79 Å². The third kappa shape index (κ3) is 2.90. The summed E-state index contributed by atoms with van der Waals surface area (Å²) in [7, 11) is 0. The number of Topliss-reactive ketones (excluding diaryl/α,β-unsaturated/α-hetero) is 1. The summed E-state index contributed by atoms with van der Waals surface area (Å²) < 4.78 is 0. The van der Waals surface area contributed by atoms with E-state index in [0.717, 1.165) is 11.1 Å². The van der Waals surface area contributed by atoms with Crippen LogP contribution in [-0.4, -0.2) is 5.78 Å². The number of hydrogen-bond donors (Lipinski definition) is 1. The maximum absolute atomic E-state index is 12.5. The van der Waals surface area contributed by atoms with Gasteiger partial charge >= 0.3 is 0 Å². The Morgan fingerprint density at radius 1 is 0.950 bits per heavy atom. The molecule has 2 heteroatoms. The molecular weight excluding hydrogens is 246 g/mol. The van der Waals surface area contributed by atoms with Crippen LogP contribution >= 0.6 is 0 Å². The number of carbonyl (C=O) groups is 1. The van der Waals surface area contributed by atoms with E-state index in [1.54, 1.807) is 6.07 Å². The minimum Gasteiger partial charge on any atom is -0.398 e. The molecule has 0 bridgehead atoms. The SMILES string of the molecule is Cc1cc(C)c(CC(=O)c2cc(C)ccc2N)c(C)c1. The number of hydrogen-bond acceptors (Lipinski definition) is 2. The molecule has 0 fully saturated rings. The highest BCUT2D eigenvalue weighted by atomic mass is 16.1. The van der Waals surface area contributed by atoms with Crippen LogP contribution in [0.1, 0.15) is 38.2 Å². The van der Waals surface area contributed by atoms with Crippen molar-refractivity contribution in [3.8, 4) is 0 Å². The van der Waals surface area contributed by atoms with Crippen LogP contribution in [0.5, 0.6) is 0 Å². The predicted octanol–water partition coefficient (Wildman–Crippen LogP) is 3.93. The van der Waals surface area contributed by atoms with Gasteiger partial charge in [-0.15, -0.1) is 0 Å². The third-order valence-corrected chi connectivity index (χ3v) is 3.69. The Morgan fingerprint density at radius 3 is 2.15 bits per heavy atom. The fourth-order valence-corrected chi connectivity index (χ4v) is 2.66. The van der Waals surface area contributed by atoms with Crippen molar-refractivity contribution in [1.82, 2.24) is 0 Å². The van der Waals surface area contributed by atoms with E-state index < -0.39 is 0 Å². The van der Waals surface area contributed by atoms with Gasteiger partial charge in [0.25, 0.3) is 0 Å². The van der Waals surface area contributed by atoms with Gasteiger partial charge in [-0.2, -0.15) is 0 Å². The number of anilines is 1. The van der Waals surface area contributed by atoms with Crippen LogP contribution in [0.4, 0.5) is 5.69 Å². The Hall–Kier alpha value is -2.09. The van der Waals surface area contributed by atoms with Crippen molar-refractivity contribution in [2.75, 3.05) is 5.73 Å². The fourth-order valence-electron chi connectivity index (χ4n) is 2.66. The predicted molar refractivity (Wildman–Crippen MR) is 84.3 cm³/mol. The summed E-state index contributed by atoms with van der Waals surface area (Å²) in [6, 6.07) is 9.84. The summed E-state index contributed by atoms with van der Waals surface area (Å²) in [6.45, 7) is 8.16. The monoisotopic (exact) mass is 267 g/mol. The van der Waals surface area contributed by atoms with Crippen LogP contribution in [0, 0.1) is 27.7 Å². The summed E-state index contributed by atoms with van der Waals surface area (Å²) in [5.74, 6) is 0.0845. The maximum Gasteiger partial charge on any atom is 0.169 e. The van der Waals surface area contributed by atoms with E-state index in [0.29, 0.717) is 17.7 Å². The van der Waals surface area contributed by atoms with E-state index in [1.165, 1.54) is 16.7 Å². The molecule has 2 N–H and O–H groups in total. The van der Waals surface area contributed by atoms with Crippen LogP contribution in [-0.2, 0) is 6.42 Å². The van der Waals surface area contributed by atoms with Crippen molar-refractivity contribution in [3.05, 3.63) is 63.7 Å². The van der Waals surface area contributed by atoms with Crippen molar-refractivity contribution >= 4 is 11.5 Å². The first kappa shape index (κ1) is 14.3. The molecule has 0 radical (unpaired) electrons. The summed E-state index contributed by atoms with van der Waals surface area (Å²) in [5.41, 5.74) is 12.8. The lowest BCUT2D eigenvalue weighted by atomic mass is 9.93. The average molecular weight is 267 g/mol. The first-order valence-electron chi connectivity index (χ1n) is 6.84. The zero-order valence-corrected chi connectivity index (χ0v) is 12.6. The Kier molecular flexibility index (Phi) is 3.93. The Morgan fingerprint density at radius 2 is 1.55 bits per heavy atom. The smallest absolute Gasteiger partial charge is 0.169 e. The maximum atomic E-state index is 12.5. The first-order valence-corrected chi connectivity index (χ1v) is 6.84. The second kappa shape index (κ2) is 5.49. The van der Waals surface area contributed by atoms with Crippen molar-refractivity contribution < 1.29 is 4.79 Å². The highest BCUT2D eigenvalue weighted by molar-refractivity contribution is 6.02. The highest BCUT2D eigenvalue weighted by Crippen LogP contribution is 2.21. The lowest BCUT2D eigenvalue weighted by Gasteiger charge is -2.12. The van der Waals surface area contributed by atoms with Crippen molar-refractivity contribution in [3.63, 3.8) is 0 Å². The number of nitrogen functional groups attached to an aromatic ring is 1. The van der Waals surface area contributed by atoms with E-state index >= 15 is 0 Å². The molecule has 0 heterocycles. The molecular formula is C18H21NO. The molecule has 0 amide bonds. The normalized spacial score (nSPS) is 10.6. The number of ketones is 1. The number of benzene rings is 2. The minimum absolute atomic E-state index is 0.0845. The van der Waals surface area contributed by atoms with Gasteiger partial charge in [-0.05, 0) is 56.5 Å². The Balaban J connectivity index is 2.35. The fraction of sp³-hybridized carbons (Fsp3) is 0.278. The molecule has 0 aliphatic rings. The lowest BCUT2D eigenvalue weighted by molar-refractivity contribution is 0.0993. The van der Waals surface area contributed by atoms with Crippen molar-refractivity contribution in [1.29, 1.82) is 0 Å². The van der Waals surface area contributed by atoms with E-state index in [2.05, 4.69) is 32.9 Å². The average Bonchev–Trinajstić information content (AvgIpc) is 2.36. The highest BCUT2D eigenvalue weighted by Gasteiger charge is 2.14. The second-order valence-corrected chi connectivity index (χ2v) is 5.57. The summed E-state index contributed by atoms with van der Waals surface area (Å²) >= 11 is 0. The second-order valence-electron chi connectivity index (χ2n) is 5.57. The molecule has 0 saturated carbocycles. The van der Waals surface area contributed by atoms with Crippen LogP contribution in [0.3, 0.4) is 0 Å². The van der Waals surface area contributed by atoms with Crippen molar-refractivity contribution in [2.45, 2.75) is 34.1 Å². The molecule has 2 aromatic carbocycles. The van der Waals surface area contributed by atoms with Gasteiger partial charge < -0.3 is 5.73 Å². The molecule has 0 atom stereocenters. The molecule has 20 heavy (non-hydrogen) atoms. The van der Waals surface area contributed by atoms with E-state index in [-0.39, 0.29) is 5.78 Å². The molecule has 0 spiro atoms. The van der Waals surface area contributed by atoms with Crippen LogP contribution in [0.15, 0.2) is 30.3 Å². The van der Waals surface area contributed by atoms with Gasteiger partial charge in [0.2, 0.25) is 0 Å². The van der Waals surface area contributed by atoms with Gasteiger partial charge in [-0.3, -0.25) is 4.79 Å². The van der Waals surface area contributed by atoms with E-state index in [1.807, 2.05) is 19.1 Å². The van der Waals surface area contributed by atoms with Gasteiger partial charge in [-0.25, -0.2) is 0 Å². The minimum atomic E-state index is 0.0845. The number of rotatable bonds is 3. The largest absolute Gasteiger partial charge is 0.398 e. The van der Waals surface area contributed by atoms with Gasteiger partial charge in [0.05, 0.1) is 0 Å². The molecule has 2 rings (SSSR count). The van der Waals surface area contributed by atoms with Crippen molar-refractivity contribution in [2.24, 2.45) is 0 Å². The number of nitrogens with two attached hydrogens (primary N) is 1. The standard InChI is InChI=1S/C18H21NO/c1-11-5-6-17(19)16(9-11)18(20)10-15-13(3)7-12(2)8-14(15)4/h5-9H,10,19H2,1-4H3. The summed E-state index contributed by atoms with van der Waals surface area (Å²) in [5, 5.41) is 0. The number of carbonyl (C=O) groups excluding carboxylic acids is 1. The molecule has 0 aromatic heterocycles. The zero-order chi connectivity index (χ0) is 14.9. The molecule has 104 valence electrons. The van der Waals surface area contributed by atoms with Gasteiger partial charge in [0, 0.05) is 17.7 Å². The van der Waals surface area contributed by atoms with Crippen LogP contribution in [0.25, 0.3) is 0 Å². The van der Waals surface area contributed by atoms with Gasteiger partial charge in [0.1, 0.15) is 0 Å². The molecule has 2 aromatic rings. The summed E-state index contributed by atoms with van der Waals surface area (Å²) in [6.07, 6.45) is 0.408. The summed E-state index contributed by atoms with van der Waals surface area (Å²) in [4.78, 5) is 12.5. The Labute approximate surface area is 120 Å². The quantitative estimate of drug-likeness (QED) is 0.676. The van der Waals surface area contributed by atoms with Crippen LogP contribution in [0.2, 0.25) is 0 Å². The molecule has 0 unspecified atom stereocenters. The molecule has 0 saturated heterocycles. The van der Waals surface area contributed by atoms with Crippen LogP contribution < -0.4 is 5.73 Å². The molecule has 2 nitrogen and oxygen atoms in total. The molecule has 0 aliphatic heterocycles. The topological polar surface area (TPSA) is 43.1 Å². The van der Waals surface area contributed by atoms with Gasteiger partial charge in [-0.1, -0.05) is 29.3 Å². The Bertz CT molecular complexity index is 648. The lowest BCUT2D eigenvalue weighted by Crippen LogP contribution is -2.09. The first-order chi connectivity index (χ1) is 9.38.